The van der Waals surface area contributed by atoms with Crippen LogP contribution in [0.1, 0.15) is 24.0 Å². The lowest BCUT2D eigenvalue weighted by molar-refractivity contribution is -0.127. The Labute approximate surface area is 148 Å². The van der Waals surface area contributed by atoms with Crippen molar-refractivity contribution < 1.29 is 14.3 Å². The highest BCUT2D eigenvalue weighted by atomic mass is 16.5. The van der Waals surface area contributed by atoms with Crippen LogP contribution >= 0.6 is 0 Å². The predicted molar refractivity (Wildman–Crippen MR) is 98.2 cm³/mol. The van der Waals surface area contributed by atoms with E-state index >= 15 is 0 Å². The van der Waals surface area contributed by atoms with E-state index in [-0.39, 0.29) is 12.0 Å². The Balaban J connectivity index is 1.82. The van der Waals surface area contributed by atoms with Gasteiger partial charge in [-0.15, -0.1) is 0 Å². The summed E-state index contributed by atoms with van der Waals surface area (Å²) in [6.07, 6.45) is 4.91. The summed E-state index contributed by atoms with van der Waals surface area (Å²) in [5.41, 5.74) is 3.25. The van der Waals surface area contributed by atoms with E-state index in [2.05, 4.69) is 25.4 Å². The molecule has 0 saturated carbocycles. The third kappa shape index (κ3) is 3.45. The lowest BCUT2D eigenvalue weighted by Gasteiger charge is -2.31. The van der Waals surface area contributed by atoms with Crippen LogP contribution in [-0.4, -0.2) is 42.1 Å². The fourth-order valence-corrected chi connectivity index (χ4v) is 3.19. The van der Waals surface area contributed by atoms with Crippen LogP contribution < -0.4 is 9.47 Å². The first-order valence-corrected chi connectivity index (χ1v) is 8.55. The number of hydrogen-bond acceptors (Lipinski definition) is 4. The number of pyridine rings is 1. The number of nitrogens with zero attached hydrogens (tertiary/aromatic N) is 2. The SMILES string of the molecule is C=CC(=O)N1CCC(Oc2cc3c(C)c(C)cnc3cc2OC)CC1. The van der Waals surface area contributed by atoms with Gasteiger partial charge in [0.25, 0.3) is 0 Å². The summed E-state index contributed by atoms with van der Waals surface area (Å²) in [7, 11) is 1.64. The molecule has 3 rings (SSSR count). The van der Waals surface area contributed by atoms with E-state index in [0.717, 1.165) is 35.1 Å². The van der Waals surface area contributed by atoms with Gasteiger partial charge in [0, 0.05) is 43.6 Å². The molecule has 1 saturated heterocycles. The number of hydrogen-bond donors (Lipinski definition) is 0. The highest BCUT2D eigenvalue weighted by Gasteiger charge is 2.24. The largest absolute Gasteiger partial charge is 0.493 e. The highest BCUT2D eigenvalue weighted by molar-refractivity contribution is 5.87. The van der Waals surface area contributed by atoms with Crippen molar-refractivity contribution in [2.24, 2.45) is 0 Å². The molecule has 5 heteroatoms. The molecule has 1 aromatic carbocycles. The van der Waals surface area contributed by atoms with Gasteiger partial charge in [-0.25, -0.2) is 0 Å². The molecule has 1 aromatic heterocycles. The van der Waals surface area contributed by atoms with Gasteiger partial charge in [0.05, 0.1) is 12.6 Å². The number of ether oxygens (including phenoxy) is 2. The zero-order valence-corrected chi connectivity index (χ0v) is 15.0. The lowest BCUT2D eigenvalue weighted by Crippen LogP contribution is -2.41. The monoisotopic (exact) mass is 340 g/mol. The topological polar surface area (TPSA) is 51.7 Å². The van der Waals surface area contributed by atoms with E-state index in [1.165, 1.54) is 11.6 Å². The first kappa shape index (κ1) is 17.3. The molecule has 25 heavy (non-hydrogen) atoms. The number of methoxy groups -OCH3 is 1. The van der Waals surface area contributed by atoms with Crippen molar-refractivity contribution >= 4 is 16.8 Å². The van der Waals surface area contributed by atoms with Crippen LogP contribution in [0.15, 0.2) is 31.0 Å². The van der Waals surface area contributed by atoms with Crippen LogP contribution in [0.4, 0.5) is 0 Å². The third-order valence-corrected chi connectivity index (χ3v) is 4.90. The van der Waals surface area contributed by atoms with Crippen molar-refractivity contribution in [1.82, 2.24) is 9.88 Å². The molecule has 2 heterocycles. The smallest absolute Gasteiger partial charge is 0.245 e. The molecule has 0 aliphatic carbocycles. The number of carbonyl (C=O) groups is 1. The van der Waals surface area contributed by atoms with E-state index in [1.807, 2.05) is 23.2 Å². The first-order chi connectivity index (χ1) is 12.0. The van der Waals surface area contributed by atoms with Crippen LogP contribution in [-0.2, 0) is 4.79 Å². The molecule has 1 amide bonds. The maximum Gasteiger partial charge on any atom is 0.245 e. The summed E-state index contributed by atoms with van der Waals surface area (Å²) in [5, 5.41) is 1.08. The van der Waals surface area contributed by atoms with Crippen molar-refractivity contribution in [3.8, 4) is 11.5 Å². The predicted octanol–water partition coefficient (Wildman–Crippen LogP) is 3.42. The Morgan fingerprint density at radius 3 is 2.64 bits per heavy atom. The average Bonchev–Trinajstić information content (AvgIpc) is 2.64. The van der Waals surface area contributed by atoms with Crippen molar-refractivity contribution in [2.75, 3.05) is 20.2 Å². The lowest BCUT2D eigenvalue weighted by atomic mass is 10.0. The maximum absolute atomic E-state index is 11.7. The molecule has 0 radical (unpaired) electrons. The van der Waals surface area contributed by atoms with Crippen LogP contribution in [0.2, 0.25) is 0 Å². The number of benzene rings is 1. The maximum atomic E-state index is 11.7. The Hall–Kier alpha value is -2.56. The number of amides is 1. The van der Waals surface area contributed by atoms with Crippen LogP contribution in [0, 0.1) is 13.8 Å². The van der Waals surface area contributed by atoms with Gasteiger partial charge in [-0.2, -0.15) is 0 Å². The number of rotatable bonds is 4. The standard InChI is InChI=1S/C20H24N2O3/c1-5-20(23)22-8-6-15(7-9-22)25-19-10-16-14(3)13(2)12-21-17(16)11-18(19)24-4/h5,10-12,15H,1,6-9H2,2-4H3. The second-order valence-electron chi connectivity index (χ2n) is 6.43. The second-order valence-corrected chi connectivity index (χ2v) is 6.43. The normalized spacial score (nSPS) is 15.2. The zero-order chi connectivity index (χ0) is 18.0. The van der Waals surface area contributed by atoms with Gasteiger partial charge in [-0.3, -0.25) is 9.78 Å². The van der Waals surface area contributed by atoms with Gasteiger partial charge in [0.2, 0.25) is 5.91 Å². The molecule has 0 unspecified atom stereocenters. The Kier molecular flexibility index (Phi) is 4.93. The highest BCUT2D eigenvalue weighted by Crippen LogP contribution is 2.35. The Bertz CT molecular complexity index is 808. The molecule has 0 atom stereocenters. The number of piperidine rings is 1. The van der Waals surface area contributed by atoms with Crippen LogP contribution in [0.25, 0.3) is 10.9 Å². The Morgan fingerprint density at radius 1 is 1.28 bits per heavy atom. The first-order valence-electron chi connectivity index (χ1n) is 8.55. The summed E-state index contributed by atoms with van der Waals surface area (Å²) in [6, 6.07) is 3.94. The minimum Gasteiger partial charge on any atom is -0.493 e. The number of carbonyl (C=O) groups excluding carboxylic acids is 1. The van der Waals surface area contributed by atoms with E-state index in [4.69, 9.17) is 9.47 Å². The van der Waals surface area contributed by atoms with Gasteiger partial charge in [0.1, 0.15) is 6.10 Å². The number of aromatic nitrogens is 1. The van der Waals surface area contributed by atoms with Gasteiger partial charge >= 0.3 is 0 Å². The quantitative estimate of drug-likeness (QED) is 0.800. The molecular weight excluding hydrogens is 316 g/mol. The van der Waals surface area contributed by atoms with Crippen molar-refractivity contribution in [2.45, 2.75) is 32.8 Å². The minimum atomic E-state index is -0.0149. The molecule has 132 valence electrons. The molecular formula is C20H24N2O3. The molecule has 1 fully saturated rings. The van der Waals surface area contributed by atoms with E-state index in [0.29, 0.717) is 18.8 Å². The molecule has 0 spiro atoms. The van der Waals surface area contributed by atoms with E-state index in [1.54, 1.807) is 7.11 Å². The molecule has 1 aliphatic heterocycles. The van der Waals surface area contributed by atoms with Crippen LogP contribution in [0.3, 0.4) is 0 Å². The average molecular weight is 340 g/mol. The van der Waals surface area contributed by atoms with Gasteiger partial charge < -0.3 is 14.4 Å². The summed E-state index contributed by atoms with van der Waals surface area (Å²) >= 11 is 0. The third-order valence-electron chi connectivity index (χ3n) is 4.90. The Morgan fingerprint density at radius 2 is 2.00 bits per heavy atom. The van der Waals surface area contributed by atoms with Gasteiger partial charge in [0.15, 0.2) is 11.5 Å². The number of fused-ring (bicyclic) bond motifs is 1. The number of likely N-dealkylation sites (tertiary alicyclic amines) is 1. The number of aryl methyl sites for hydroxylation is 2. The van der Waals surface area contributed by atoms with E-state index < -0.39 is 0 Å². The van der Waals surface area contributed by atoms with Crippen molar-refractivity contribution in [3.63, 3.8) is 0 Å². The van der Waals surface area contributed by atoms with Gasteiger partial charge in [-0.05, 0) is 37.1 Å². The summed E-state index contributed by atoms with van der Waals surface area (Å²) in [6.45, 7) is 9.06. The molecule has 0 bridgehead atoms. The molecule has 2 aromatic rings. The minimum absolute atomic E-state index is 0.0149. The fraction of sp³-hybridized carbons (Fsp3) is 0.400. The van der Waals surface area contributed by atoms with Crippen molar-refractivity contribution in [3.05, 3.63) is 42.1 Å². The summed E-state index contributed by atoms with van der Waals surface area (Å²) in [4.78, 5) is 18.0. The fourth-order valence-electron chi connectivity index (χ4n) is 3.19. The second kappa shape index (κ2) is 7.13. The molecule has 1 aliphatic rings. The zero-order valence-electron chi connectivity index (χ0n) is 15.0. The van der Waals surface area contributed by atoms with Gasteiger partial charge in [-0.1, -0.05) is 6.58 Å². The van der Waals surface area contributed by atoms with Crippen molar-refractivity contribution in [1.29, 1.82) is 0 Å². The molecule has 5 nitrogen and oxygen atoms in total. The molecule has 0 N–H and O–H groups in total. The van der Waals surface area contributed by atoms with E-state index in [9.17, 15) is 4.79 Å². The summed E-state index contributed by atoms with van der Waals surface area (Å²) < 4.78 is 11.7. The van der Waals surface area contributed by atoms with Crippen LogP contribution in [0.5, 0.6) is 11.5 Å². The summed E-state index contributed by atoms with van der Waals surface area (Å²) in [5.74, 6) is 1.41.